The molecule has 1 N–H and O–H groups in total. The van der Waals surface area contributed by atoms with Crippen LogP contribution in [0, 0.1) is 12.7 Å². The van der Waals surface area contributed by atoms with Crippen LogP contribution >= 0.6 is 22.9 Å². The maximum atomic E-state index is 13.2. The number of nitrogens with one attached hydrogen (secondary N) is 1. The number of carbonyl (C=O) groups is 1. The molecule has 3 rings (SSSR count). The Morgan fingerprint density at radius 3 is 2.65 bits per heavy atom. The Balaban J connectivity index is 1.85. The molecule has 6 heteroatoms. The molecule has 0 aliphatic heterocycles. The third kappa shape index (κ3) is 3.57. The first-order valence-electron chi connectivity index (χ1n) is 6.83. The lowest BCUT2D eigenvalue weighted by Gasteiger charge is -2.03. The number of anilines is 1. The van der Waals surface area contributed by atoms with Gasteiger partial charge in [0.15, 0.2) is 0 Å². The molecule has 116 valence electrons. The Hall–Kier alpha value is -2.24. The van der Waals surface area contributed by atoms with Crippen molar-refractivity contribution in [1.82, 2.24) is 4.98 Å². The number of amides is 1. The van der Waals surface area contributed by atoms with Gasteiger partial charge in [-0.3, -0.25) is 4.79 Å². The van der Waals surface area contributed by atoms with Gasteiger partial charge in [-0.25, -0.2) is 9.37 Å². The number of carbonyl (C=O) groups excluding carboxylic acids is 1. The van der Waals surface area contributed by atoms with E-state index in [9.17, 15) is 9.18 Å². The number of rotatable bonds is 3. The lowest BCUT2D eigenvalue weighted by molar-refractivity contribution is 0.103. The molecule has 23 heavy (non-hydrogen) atoms. The number of hydrogen-bond acceptors (Lipinski definition) is 3. The van der Waals surface area contributed by atoms with Crippen molar-refractivity contribution >= 4 is 34.5 Å². The second-order valence-corrected chi connectivity index (χ2v) is 6.34. The molecule has 0 aliphatic rings. The van der Waals surface area contributed by atoms with Crippen LogP contribution in [0.4, 0.5) is 10.1 Å². The molecular formula is C17H12ClFN2OS. The molecule has 2 aromatic carbocycles. The summed E-state index contributed by atoms with van der Waals surface area (Å²) in [4.78, 5) is 17.3. The fourth-order valence-electron chi connectivity index (χ4n) is 2.08. The first kappa shape index (κ1) is 15.6. The highest BCUT2D eigenvalue weighted by molar-refractivity contribution is 7.17. The Morgan fingerprint density at radius 1 is 1.22 bits per heavy atom. The van der Waals surface area contributed by atoms with Gasteiger partial charge in [0.2, 0.25) is 0 Å². The number of benzene rings is 2. The van der Waals surface area contributed by atoms with Gasteiger partial charge in [-0.2, -0.15) is 0 Å². The van der Waals surface area contributed by atoms with E-state index in [0.717, 1.165) is 10.6 Å². The van der Waals surface area contributed by atoms with E-state index in [1.165, 1.54) is 23.5 Å². The normalized spacial score (nSPS) is 10.6. The topological polar surface area (TPSA) is 42.0 Å². The van der Waals surface area contributed by atoms with Crippen molar-refractivity contribution in [3.8, 4) is 10.6 Å². The van der Waals surface area contributed by atoms with Gasteiger partial charge < -0.3 is 5.32 Å². The molecule has 0 unspecified atom stereocenters. The summed E-state index contributed by atoms with van der Waals surface area (Å²) in [5.74, 6) is -0.698. The van der Waals surface area contributed by atoms with Crippen molar-refractivity contribution in [3.05, 3.63) is 69.9 Å². The van der Waals surface area contributed by atoms with E-state index in [2.05, 4.69) is 10.3 Å². The predicted molar refractivity (Wildman–Crippen MR) is 91.7 cm³/mol. The van der Waals surface area contributed by atoms with E-state index in [1.54, 1.807) is 31.2 Å². The molecule has 0 atom stereocenters. The Kier molecular flexibility index (Phi) is 4.41. The summed E-state index contributed by atoms with van der Waals surface area (Å²) in [7, 11) is 0. The third-order valence-electron chi connectivity index (χ3n) is 3.18. The van der Waals surface area contributed by atoms with Crippen LogP contribution in [0.1, 0.15) is 15.4 Å². The van der Waals surface area contributed by atoms with Crippen molar-refractivity contribution < 1.29 is 9.18 Å². The molecular weight excluding hydrogens is 335 g/mol. The lowest BCUT2D eigenvalue weighted by Crippen LogP contribution is -2.11. The van der Waals surface area contributed by atoms with Crippen molar-refractivity contribution in [2.75, 3.05) is 5.32 Å². The van der Waals surface area contributed by atoms with Gasteiger partial charge in [-0.15, -0.1) is 11.3 Å². The van der Waals surface area contributed by atoms with Crippen LogP contribution in [-0.4, -0.2) is 10.9 Å². The molecule has 0 bridgehead atoms. The highest BCUT2D eigenvalue weighted by Crippen LogP contribution is 2.29. The number of hydrogen-bond donors (Lipinski definition) is 1. The van der Waals surface area contributed by atoms with Crippen molar-refractivity contribution in [1.29, 1.82) is 0 Å². The molecule has 0 fully saturated rings. The summed E-state index contributed by atoms with van der Waals surface area (Å²) < 4.78 is 13.2. The van der Waals surface area contributed by atoms with E-state index in [0.29, 0.717) is 21.3 Å². The van der Waals surface area contributed by atoms with Gasteiger partial charge in [0.25, 0.3) is 5.91 Å². The van der Waals surface area contributed by atoms with Crippen LogP contribution in [0.3, 0.4) is 0 Å². The number of thiazole rings is 1. The molecule has 1 aromatic heterocycles. The van der Waals surface area contributed by atoms with Gasteiger partial charge in [-0.05, 0) is 37.3 Å². The summed E-state index contributed by atoms with van der Waals surface area (Å²) in [6, 6.07) is 13.0. The number of halogens is 2. The van der Waals surface area contributed by atoms with E-state index in [1.807, 2.05) is 12.1 Å². The first-order valence-corrected chi connectivity index (χ1v) is 8.02. The van der Waals surface area contributed by atoms with Crippen LogP contribution in [0.5, 0.6) is 0 Å². The predicted octanol–water partition coefficient (Wildman–Crippen LogP) is 5.16. The average Bonchev–Trinajstić information content (AvgIpc) is 2.90. The van der Waals surface area contributed by atoms with E-state index < -0.39 is 5.82 Å². The zero-order valence-corrected chi connectivity index (χ0v) is 13.7. The Labute approximate surface area is 141 Å². The summed E-state index contributed by atoms with van der Waals surface area (Å²) in [6.45, 7) is 1.77. The van der Waals surface area contributed by atoms with Crippen LogP contribution in [0.15, 0.2) is 48.5 Å². The Bertz CT molecular complexity index is 861. The highest BCUT2D eigenvalue weighted by atomic mass is 35.5. The molecule has 0 aliphatic carbocycles. The van der Waals surface area contributed by atoms with Crippen molar-refractivity contribution in [2.24, 2.45) is 0 Å². The molecule has 3 aromatic rings. The zero-order valence-electron chi connectivity index (χ0n) is 12.1. The zero-order chi connectivity index (χ0) is 16.4. The molecule has 0 radical (unpaired) electrons. The molecule has 0 spiro atoms. The number of aryl methyl sites for hydroxylation is 1. The lowest BCUT2D eigenvalue weighted by atomic mass is 10.2. The summed E-state index contributed by atoms with van der Waals surface area (Å²) in [5.41, 5.74) is 1.94. The van der Waals surface area contributed by atoms with E-state index >= 15 is 0 Å². The summed E-state index contributed by atoms with van der Waals surface area (Å²) in [6.07, 6.45) is 0. The smallest absolute Gasteiger partial charge is 0.267 e. The van der Waals surface area contributed by atoms with E-state index in [4.69, 9.17) is 11.6 Å². The number of nitrogens with zero attached hydrogens (tertiary/aromatic N) is 1. The SMILES string of the molecule is Cc1nc(-c2ccc(Cl)cc2)sc1C(=O)Nc1cccc(F)c1. The van der Waals surface area contributed by atoms with Gasteiger partial charge in [-0.1, -0.05) is 29.8 Å². The minimum atomic E-state index is -0.398. The quantitative estimate of drug-likeness (QED) is 0.711. The van der Waals surface area contributed by atoms with Crippen LogP contribution in [-0.2, 0) is 0 Å². The number of aromatic nitrogens is 1. The summed E-state index contributed by atoms with van der Waals surface area (Å²) in [5, 5.41) is 4.07. The van der Waals surface area contributed by atoms with Crippen LogP contribution in [0.2, 0.25) is 5.02 Å². The molecule has 0 saturated heterocycles. The molecule has 1 amide bonds. The van der Waals surface area contributed by atoms with Crippen LogP contribution < -0.4 is 5.32 Å². The van der Waals surface area contributed by atoms with Gasteiger partial charge in [0.05, 0.1) is 5.69 Å². The fourth-order valence-corrected chi connectivity index (χ4v) is 3.17. The van der Waals surface area contributed by atoms with Crippen LogP contribution in [0.25, 0.3) is 10.6 Å². The Morgan fingerprint density at radius 2 is 1.96 bits per heavy atom. The third-order valence-corrected chi connectivity index (χ3v) is 4.63. The maximum absolute atomic E-state index is 13.2. The standard InChI is InChI=1S/C17H12ClFN2OS/c1-10-15(16(22)21-14-4-2-3-13(19)9-14)23-17(20-10)11-5-7-12(18)8-6-11/h2-9H,1H3,(H,21,22). The first-order chi connectivity index (χ1) is 11.0. The second-order valence-electron chi connectivity index (χ2n) is 4.90. The largest absolute Gasteiger partial charge is 0.321 e. The van der Waals surface area contributed by atoms with E-state index in [-0.39, 0.29) is 5.91 Å². The molecule has 1 heterocycles. The minimum Gasteiger partial charge on any atom is -0.321 e. The van der Waals surface area contributed by atoms with Gasteiger partial charge >= 0.3 is 0 Å². The van der Waals surface area contributed by atoms with Gasteiger partial charge in [0, 0.05) is 16.3 Å². The fraction of sp³-hybridized carbons (Fsp3) is 0.0588. The monoisotopic (exact) mass is 346 g/mol. The molecule has 3 nitrogen and oxygen atoms in total. The average molecular weight is 347 g/mol. The maximum Gasteiger partial charge on any atom is 0.267 e. The van der Waals surface area contributed by atoms with Crippen molar-refractivity contribution in [2.45, 2.75) is 6.92 Å². The molecule has 0 saturated carbocycles. The van der Waals surface area contributed by atoms with Gasteiger partial charge in [0.1, 0.15) is 15.7 Å². The van der Waals surface area contributed by atoms with Crippen molar-refractivity contribution in [3.63, 3.8) is 0 Å². The summed E-state index contributed by atoms with van der Waals surface area (Å²) >= 11 is 7.17. The minimum absolute atomic E-state index is 0.300. The second kappa shape index (κ2) is 6.48. The highest BCUT2D eigenvalue weighted by Gasteiger charge is 2.16.